The quantitative estimate of drug-likeness (QED) is 0.661. The molecule has 0 saturated carbocycles. The molecule has 6 heteroatoms. The summed E-state index contributed by atoms with van der Waals surface area (Å²) in [6.07, 6.45) is 0.218. The van der Waals surface area contributed by atoms with Crippen molar-refractivity contribution in [1.82, 2.24) is 10.6 Å². The van der Waals surface area contributed by atoms with Crippen molar-refractivity contribution in [1.29, 1.82) is 0 Å². The van der Waals surface area contributed by atoms with Crippen LogP contribution in [0.15, 0.2) is 18.2 Å². The minimum absolute atomic E-state index is 0.139. The van der Waals surface area contributed by atoms with E-state index in [2.05, 4.69) is 22.5 Å². The summed E-state index contributed by atoms with van der Waals surface area (Å²) < 4.78 is 5.14. The monoisotopic (exact) mass is 290 g/mol. The highest BCUT2D eigenvalue weighted by atomic mass is 16.5. The minimum Gasteiger partial charge on any atom is -0.495 e. The van der Waals surface area contributed by atoms with Crippen molar-refractivity contribution in [2.45, 2.75) is 6.42 Å². The summed E-state index contributed by atoms with van der Waals surface area (Å²) in [5.41, 5.74) is 0.931. The van der Waals surface area contributed by atoms with E-state index < -0.39 is 0 Å². The van der Waals surface area contributed by atoms with Crippen molar-refractivity contribution >= 4 is 11.8 Å². The van der Waals surface area contributed by atoms with Crippen LogP contribution in [0.4, 0.5) is 0 Å². The Hall–Kier alpha value is -2.52. The Morgan fingerprint density at radius 2 is 2.14 bits per heavy atom. The number of aliphatic hydroxyl groups is 1. The molecule has 0 heterocycles. The average Bonchev–Trinajstić information content (AvgIpc) is 2.52. The predicted octanol–water partition coefficient (Wildman–Crippen LogP) is -0.0951. The average molecular weight is 290 g/mol. The molecule has 0 saturated heterocycles. The topological polar surface area (TPSA) is 87.7 Å². The molecule has 0 bridgehead atoms. The molecule has 1 aromatic rings. The van der Waals surface area contributed by atoms with Gasteiger partial charge in [0, 0.05) is 25.6 Å². The van der Waals surface area contributed by atoms with Gasteiger partial charge in [0.05, 0.1) is 12.7 Å². The summed E-state index contributed by atoms with van der Waals surface area (Å²) in [4.78, 5) is 23.0. The lowest BCUT2D eigenvalue weighted by molar-refractivity contribution is -0.120. The van der Waals surface area contributed by atoms with Crippen LogP contribution in [0.5, 0.6) is 5.75 Å². The summed E-state index contributed by atoms with van der Waals surface area (Å²) in [7, 11) is 3.04. The molecule has 3 N–H and O–H groups in total. The van der Waals surface area contributed by atoms with E-state index in [1.54, 1.807) is 25.2 Å². The third-order valence-electron chi connectivity index (χ3n) is 2.68. The van der Waals surface area contributed by atoms with Crippen LogP contribution in [0.25, 0.3) is 0 Å². The molecule has 0 aliphatic carbocycles. The summed E-state index contributed by atoms with van der Waals surface area (Å²) >= 11 is 0. The van der Waals surface area contributed by atoms with E-state index in [0.29, 0.717) is 16.9 Å². The van der Waals surface area contributed by atoms with E-state index >= 15 is 0 Å². The van der Waals surface area contributed by atoms with Gasteiger partial charge in [0.15, 0.2) is 0 Å². The lowest BCUT2D eigenvalue weighted by Crippen LogP contribution is -2.29. The first-order valence-electron chi connectivity index (χ1n) is 6.39. The molecule has 1 rings (SSSR count). The molecule has 2 amide bonds. The fourth-order valence-corrected chi connectivity index (χ4v) is 1.60. The fourth-order valence-electron chi connectivity index (χ4n) is 1.60. The number of benzene rings is 1. The molecule has 0 aliphatic heterocycles. The van der Waals surface area contributed by atoms with Gasteiger partial charge in [0.1, 0.15) is 12.4 Å². The highest BCUT2D eigenvalue weighted by Gasteiger charge is 2.09. The van der Waals surface area contributed by atoms with Gasteiger partial charge in [0.25, 0.3) is 5.91 Å². The molecule has 0 fully saturated rings. The summed E-state index contributed by atoms with van der Waals surface area (Å²) in [5.74, 6) is 5.32. The molecule has 0 unspecified atom stereocenters. The van der Waals surface area contributed by atoms with Crippen LogP contribution in [0, 0.1) is 11.8 Å². The second-order valence-corrected chi connectivity index (χ2v) is 4.05. The maximum atomic E-state index is 12.0. The first-order valence-corrected chi connectivity index (χ1v) is 6.39. The molecule has 0 radical (unpaired) electrons. The maximum Gasteiger partial charge on any atom is 0.251 e. The van der Waals surface area contributed by atoms with Crippen LogP contribution in [-0.4, -0.2) is 44.2 Å². The highest BCUT2D eigenvalue weighted by Crippen LogP contribution is 2.18. The summed E-state index contributed by atoms with van der Waals surface area (Å²) in [6, 6.07) is 4.82. The lowest BCUT2D eigenvalue weighted by Gasteiger charge is -2.08. The number of nitrogens with one attached hydrogen (secondary N) is 2. The van der Waals surface area contributed by atoms with E-state index in [1.807, 2.05) is 0 Å². The summed E-state index contributed by atoms with van der Waals surface area (Å²) in [5, 5.41) is 13.9. The first kappa shape index (κ1) is 16.5. The lowest BCUT2D eigenvalue weighted by atomic mass is 10.1. The molecule has 0 aromatic heterocycles. The molecule has 0 aliphatic rings. The van der Waals surface area contributed by atoms with E-state index in [9.17, 15) is 9.59 Å². The molecule has 21 heavy (non-hydrogen) atoms. The van der Waals surface area contributed by atoms with Gasteiger partial charge in [-0.3, -0.25) is 9.59 Å². The second kappa shape index (κ2) is 8.61. The van der Waals surface area contributed by atoms with Gasteiger partial charge in [-0.15, -0.1) is 0 Å². The molecule has 1 aromatic carbocycles. The molecule has 6 nitrogen and oxygen atoms in total. The number of carbonyl (C=O) groups excluding carboxylic acids is 2. The van der Waals surface area contributed by atoms with Crippen molar-refractivity contribution in [2.75, 3.05) is 27.3 Å². The number of aliphatic hydroxyl groups excluding tert-OH is 1. The van der Waals surface area contributed by atoms with Crippen molar-refractivity contribution in [3.05, 3.63) is 29.3 Å². The van der Waals surface area contributed by atoms with Gasteiger partial charge in [0.2, 0.25) is 5.91 Å². The number of methoxy groups -OCH3 is 1. The van der Waals surface area contributed by atoms with Gasteiger partial charge < -0.3 is 20.5 Å². The number of hydrogen-bond donors (Lipinski definition) is 3. The third-order valence-corrected chi connectivity index (χ3v) is 2.68. The zero-order chi connectivity index (χ0) is 15.7. The van der Waals surface area contributed by atoms with Crippen molar-refractivity contribution in [2.24, 2.45) is 0 Å². The Bertz CT molecular complexity index is 573. The van der Waals surface area contributed by atoms with Gasteiger partial charge in [-0.2, -0.15) is 0 Å². The Morgan fingerprint density at radius 1 is 1.38 bits per heavy atom. The molecular formula is C15H18N2O4. The van der Waals surface area contributed by atoms with Crippen LogP contribution in [-0.2, 0) is 4.79 Å². The largest absolute Gasteiger partial charge is 0.495 e. The Balaban J connectivity index is 2.78. The number of rotatable bonds is 5. The minimum atomic E-state index is -0.298. The van der Waals surface area contributed by atoms with Gasteiger partial charge in [-0.25, -0.2) is 0 Å². The number of amides is 2. The smallest absolute Gasteiger partial charge is 0.251 e. The Kier molecular flexibility index (Phi) is 6.78. The van der Waals surface area contributed by atoms with Crippen LogP contribution in [0.1, 0.15) is 22.3 Å². The molecule has 0 spiro atoms. The van der Waals surface area contributed by atoms with Gasteiger partial charge in [-0.05, 0) is 18.2 Å². The number of carbonyl (C=O) groups is 2. The Morgan fingerprint density at radius 3 is 2.76 bits per heavy atom. The van der Waals surface area contributed by atoms with E-state index in [1.165, 1.54) is 7.11 Å². The predicted molar refractivity (Wildman–Crippen MR) is 78.0 cm³/mol. The molecular weight excluding hydrogens is 272 g/mol. The standard InChI is InChI=1S/C15H18N2O4/c1-16-14(19)7-8-17-15(20)12-5-6-13(21-2)11(10-12)4-3-9-18/h5-6,10,18H,7-9H2,1-2H3,(H,16,19)(H,17,20). The summed E-state index contributed by atoms with van der Waals surface area (Å²) in [6.45, 7) is -0.0199. The third kappa shape index (κ3) is 5.16. The second-order valence-electron chi connectivity index (χ2n) is 4.05. The van der Waals surface area contributed by atoms with Gasteiger partial charge in [-0.1, -0.05) is 11.8 Å². The first-order chi connectivity index (χ1) is 10.1. The van der Waals surface area contributed by atoms with Crippen molar-refractivity contribution < 1.29 is 19.4 Å². The normalized spacial score (nSPS) is 9.29. The van der Waals surface area contributed by atoms with Crippen molar-refractivity contribution in [3.8, 4) is 17.6 Å². The molecule has 0 atom stereocenters. The van der Waals surface area contributed by atoms with Crippen LogP contribution in [0.2, 0.25) is 0 Å². The molecule has 112 valence electrons. The fraction of sp³-hybridized carbons (Fsp3) is 0.333. The van der Waals surface area contributed by atoms with Crippen LogP contribution < -0.4 is 15.4 Å². The number of ether oxygens (including phenoxy) is 1. The van der Waals surface area contributed by atoms with Crippen molar-refractivity contribution in [3.63, 3.8) is 0 Å². The Labute approximate surface area is 123 Å². The van der Waals surface area contributed by atoms with E-state index in [4.69, 9.17) is 9.84 Å². The zero-order valence-corrected chi connectivity index (χ0v) is 12.0. The zero-order valence-electron chi connectivity index (χ0n) is 12.0. The van der Waals surface area contributed by atoms with E-state index in [0.717, 1.165) is 0 Å². The maximum absolute atomic E-state index is 12.0. The SMILES string of the molecule is CNC(=O)CCNC(=O)c1ccc(OC)c(C#CCO)c1. The van der Waals surface area contributed by atoms with Crippen LogP contribution >= 0.6 is 0 Å². The number of hydrogen-bond acceptors (Lipinski definition) is 4. The van der Waals surface area contributed by atoms with Crippen LogP contribution in [0.3, 0.4) is 0 Å². The van der Waals surface area contributed by atoms with E-state index in [-0.39, 0.29) is 31.4 Å². The highest BCUT2D eigenvalue weighted by molar-refractivity contribution is 5.95. The van der Waals surface area contributed by atoms with Gasteiger partial charge >= 0.3 is 0 Å².